The molecule has 150 valence electrons. The summed E-state index contributed by atoms with van der Waals surface area (Å²) in [4.78, 5) is 20.3. The Morgan fingerprint density at radius 1 is 1.10 bits per heavy atom. The number of fused-ring (bicyclic) bond motifs is 2. The number of aliphatic hydroxyl groups excluding tert-OH is 1. The van der Waals surface area contributed by atoms with E-state index in [0.29, 0.717) is 33.8 Å². The zero-order valence-electron chi connectivity index (χ0n) is 16.0. The second kappa shape index (κ2) is 7.20. The van der Waals surface area contributed by atoms with Crippen molar-refractivity contribution >= 4 is 28.0 Å². The van der Waals surface area contributed by atoms with Crippen molar-refractivity contribution in [1.29, 1.82) is 0 Å². The van der Waals surface area contributed by atoms with Crippen molar-refractivity contribution in [1.82, 2.24) is 29.5 Å². The lowest BCUT2D eigenvalue weighted by molar-refractivity contribution is 0.168. The molecule has 0 aliphatic carbocycles. The van der Waals surface area contributed by atoms with Gasteiger partial charge in [0.1, 0.15) is 29.5 Å². The van der Waals surface area contributed by atoms with Crippen molar-refractivity contribution in [2.45, 2.75) is 19.1 Å². The molecule has 2 atom stereocenters. The van der Waals surface area contributed by atoms with Crippen molar-refractivity contribution in [2.24, 2.45) is 0 Å². The van der Waals surface area contributed by atoms with Crippen molar-refractivity contribution in [3.63, 3.8) is 0 Å². The van der Waals surface area contributed by atoms with Crippen molar-refractivity contribution in [3.05, 3.63) is 72.8 Å². The van der Waals surface area contributed by atoms with E-state index in [1.165, 1.54) is 24.8 Å². The quantitative estimate of drug-likeness (QED) is 0.416. The lowest BCUT2D eigenvalue weighted by atomic mass is 10.1. The van der Waals surface area contributed by atoms with E-state index in [0.717, 1.165) is 5.69 Å². The topological polar surface area (TPSA) is 105 Å². The van der Waals surface area contributed by atoms with Crippen LogP contribution in [0, 0.1) is 5.82 Å². The molecule has 0 radical (unpaired) electrons. The van der Waals surface area contributed by atoms with Gasteiger partial charge in [0, 0.05) is 11.8 Å². The molecular formula is C21H18FN7O. The number of rotatable bonds is 5. The maximum absolute atomic E-state index is 14.1. The predicted molar refractivity (Wildman–Crippen MR) is 111 cm³/mol. The minimum atomic E-state index is -0.831. The molecule has 3 heterocycles. The van der Waals surface area contributed by atoms with Gasteiger partial charge >= 0.3 is 0 Å². The Kier molecular flexibility index (Phi) is 4.36. The summed E-state index contributed by atoms with van der Waals surface area (Å²) in [6.45, 7) is 1.66. The number of aromatic nitrogens is 6. The SMILES string of the molecule is CC(O)C(Nc1ncnc2nc[nH]c12)c1nc2ccc(F)cc2n1-c1ccccc1. The maximum Gasteiger partial charge on any atom is 0.182 e. The van der Waals surface area contributed by atoms with Crippen LogP contribution in [0.4, 0.5) is 10.2 Å². The molecule has 0 aliphatic rings. The van der Waals surface area contributed by atoms with E-state index in [-0.39, 0.29) is 5.82 Å². The molecule has 2 aromatic carbocycles. The molecule has 30 heavy (non-hydrogen) atoms. The second-order valence-corrected chi connectivity index (χ2v) is 6.96. The number of aliphatic hydroxyl groups is 1. The number of hydrogen-bond donors (Lipinski definition) is 3. The summed E-state index contributed by atoms with van der Waals surface area (Å²) in [5.41, 5.74) is 3.17. The maximum atomic E-state index is 14.1. The largest absolute Gasteiger partial charge is 0.391 e. The highest BCUT2D eigenvalue weighted by molar-refractivity contribution is 5.82. The van der Waals surface area contributed by atoms with Crippen molar-refractivity contribution in [2.75, 3.05) is 5.32 Å². The number of aromatic amines is 1. The third kappa shape index (κ3) is 3.05. The van der Waals surface area contributed by atoms with Gasteiger partial charge in [0.25, 0.3) is 0 Å². The first kappa shape index (κ1) is 18.2. The number of para-hydroxylation sites is 1. The van der Waals surface area contributed by atoms with E-state index < -0.39 is 12.1 Å². The lowest BCUT2D eigenvalue weighted by Gasteiger charge is -2.23. The zero-order chi connectivity index (χ0) is 20.7. The summed E-state index contributed by atoms with van der Waals surface area (Å²) < 4.78 is 15.9. The summed E-state index contributed by atoms with van der Waals surface area (Å²) in [6, 6.07) is 13.3. The highest BCUT2D eigenvalue weighted by Crippen LogP contribution is 2.30. The number of nitrogens with zero attached hydrogens (tertiary/aromatic N) is 5. The molecule has 8 nitrogen and oxygen atoms in total. The van der Waals surface area contributed by atoms with E-state index in [9.17, 15) is 9.50 Å². The first-order valence-electron chi connectivity index (χ1n) is 9.44. The summed E-state index contributed by atoms with van der Waals surface area (Å²) in [5.74, 6) is 0.659. The number of imidazole rings is 2. The van der Waals surface area contributed by atoms with Gasteiger partial charge in [-0.05, 0) is 31.2 Å². The van der Waals surface area contributed by atoms with E-state index >= 15 is 0 Å². The van der Waals surface area contributed by atoms with Gasteiger partial charge in [0.05, 0.1) is 23.5 Å². The van der Waals surface area contributed by atoms with E-state index in [1.54, 1.807) is 13.0 Å². The fraction of sp³-hybridized carbons (Fsp3) is 0.143. The van der Waals surface area contributed by atoms with Crippen LogP contribution in [-0.2, 0) is 0 Å². The van der Waals surface area contributed by atoms with Crippen LogP contribution >= 0.6 is 0 Å². The van der Waals surface area contributed by atoms with Crippen LogP contribution in [0.3, 0.4) is 0 Å². The van der Waals surface area contributed by atoms with Crippen LogP contribution in [0.5, 0.6) is 0 Å². The number of halogens is 1. The summed E-state index contributed by atoms with van der Waals surface area (Å²) >= 11 is 0. The van der Waals surface area contributed by atoms with E-state index in [2.05, 4.69) is 25.3 Å². The van der Waals surface area contributed by atoms with Crippen LogP contribution < -0.4 is 5.32 Å². The van der Waals surface area contributed by atoms with Gasteiger partial charge < -0.3 is 15.4 Å². The molecule has 2 unspecified atom stereocenters. The molecule has 5 aromatic rings. The minimum absolute atomic E-state index is 0.359. The Hall–Kier alpha value is -3.85. The molecule has 3 aromatic heterocycles. The molecule has 9 heteroatoms. The van der Waals surface area contributed by atoms with Crippen LogP contribution in [0.25, 0.3) is 27.9 Å². The molecule has 5 rings (SSSR count). The van der Waals surface area contributed by atoms with Gasteiger partial charge in [-0.15, -0.1) is 0 Å². The number of hydrogen-bond acceptors (Lipinski definition) is 6. The third-order valence-electron chi connectivity index (χ3n) is 4.93. The third-order valence-corrected chi connectivity index (χ3v) is 4.93. The molecule has 0 spiro atoms. The van der Waals surface area contributed by atoms with Crippen LogP contribution in [0.1, 0.15) is 18.8 Å². The van der Waals surface area contributed by atoms with Gasteiger partial charge in [-0.3, -0.25) is 4.57 Å². The summed E-state index contributed by atoms with van der Waals surface area (Å²) in [6.07, 6.45) is 2.10. The van der Waals surface area contributed by atoms with Crippen LogP contribution in [-0.4, -0.2) is 40.7 Å². The summed E-state index contributed by atoms with van der Waals surface area (Å²) in [7, 11) is 0. The van der Waals surface area contributed by atoms with Crippen LogP contribution in [0.15, 0.2) is 61.2 Å². The number of benzene rings is 2. The Morgan fingerprint density at radius 3 is 2.73 bits per heavy atom. The Morgan fingerprint density at radius 2 is 1.93 bits per heavy atom. The van der Waals surface area contributed by atoms with Gasteiger partial charge in [0.2, 0.25) is 0 Å². The Bertz CT molecular complexity index is 1330. The fourth-order valence-electron chi connectivity index (χ4n) is 3.55. The van der Waals surface area contributed by atoms with Gasteiger partial charge in [-0.1, -0.05) is 18.2 Å². The Balaban J connectivity index is 1.70. The zero-order valence-corrected chi connectivity index (χ0v) is 16.0. The van der Waals surface area contributed by atoms with Gasteiger partial charge in [-0.2, -0.15) is 0 Å². The van der Waals surface area contributed by atoms with E-state index in [1.807, 2.05) is 34.9 Å². The van der Waals surface area contributed by atoms with E-state index in [4.69, 9.17) is 4.98 Å². The number of H-pyrrole nitrogens is 1. The normalized spacial score (nSPS) is 13.6. The lowest BCUT2D eigenvalue weighted by Crippen LogP contribution is -2.26. The van der Waals surface area contributed by atoms with Gasteiger partial charge in [-0.25, -0.2) is 24.3 Å². The average molecular weight is 403 g/mol. The fourth-order valence-corrected chi connectivity index (χ4v) is 3.55. The highest BCUT2D eigenvalue weighted by Gasteiger charge is 2.27. The highest BCUT2D eigenvalue weighted by atomic mass is 19.1. The molecule has 0 aliphatic heterocycles. The number of nitrogens with one attached hydrogen (secondary N) is 2. The smallest absolute Gasteiger partial charge is 0.182 e. The molecule has 0 saturated carbocycles. The summed E-state index contributed by atoms with van der Waals surface area (Å²) in [5, 5.41) is 13.9. The molecule has 0 amide bonds. The molecular weight excluding hydrogens is 385 g/mol. The van der Waals surface area contributed by atoms with Gasteiger partial charge in [0.15, 0.2) is 11.5 Å². The first-order chi connectivity index (χ1) is 14.6. The molecule has 0 saturated heterocycles. The van der Waals surface area contributed by atoms with Crippen molar-refractivity contribution in [3.8, 4) is 5.69 Å². The molecule has 0 fully saturated rings. The predicted octanol–water partition coefficient (Wildman–Crippen LogP) is 3.36. The number of anilines is 1. The van der Waals surface area contributed by atoms with Crippen molar-refractivity contribution < 1.29 is 9.50 Å². The Labute approximate surface area is 170 Å². The monoisotopic (exact) mass is 403 g/mol. The van der Waals surface area contributed by atoms with Crippen LogP contribution in [0.2, 0.25) is 0 Å². The molecule has 3 N–H and O–H groups in total. The molecule has 0 bridgehead atoms. The minimum Gasteiger partial charge on any atom is -0.391 e. The second-order valence-electron chi connectivity index (χ2n) is 6.96. The standard InChI is InChI=1S/C21H18FN7O/c1-12(30)17(28-20-18-19(24-10-23-18)25-11-26-20)21-27-15-8-7-13(22)9-16(15)29(21)14-5-3-2-4-6-14/h2-12,17,30H,1H3,(H2,23,24,25,26,28). The average Bonchev–Trinajstić information content (AvgIpc) is 3.37. The first-order valence-corrected chi connectivity index (χ1v) is 9.44.